The maximum atomic E-state index is 6.56. The van der Waals surface area contributed by atoms with Crippen LogP contribution in [0.4, 0.5) is 0 Å². The van der Waals surface area contributed by atoms with E-state index in [1.807, 2.05) is 0 Å². The molecule has 0 aliphatic rings. The van der Waals surface area contributed by atoms with Crippen LogP contribution in [0, 0.1) is 28.1 Å². The van der Waals surface area contributed by atoms with E-state index in [0.717, 1.165) is 6.42 Å². The molecule has 174 valence electrons. The predicted octanol–water partition coefficient (Wildman–Crippen LogP) is 9.16. The monoisotopic (exact) mass is 407 g/mol. The smallest absolute Gasteiger partial charge is 0.00699 e. The Morgan fingerprint density at radius 3 is 1.69 bits per heavy atom. The highest BCUT2D eigenvalue weighted by atomic mass is 14.7. The molecule has 0 fully saturated rings. The van der Waals surface area contributed by atoms with Crippen LogP contribution in [0.25, 0.3) is 0 Å². The second-order valence-corrected chi connectivity index (χ2v) is 10.5. The fourth-order valence-corrected chi connectivity index (χ4v) is 6.57. The predicted molar refractivity (Wildman–Crippen MR) is 134 cm³/mol. The van der Waals surface area contributed by atoms with Crippen molar-refractivity contribution in [1.29, 1.82) is 0 Å². The van der Waals surface area contributed by atoms with Crippen molar-refractivity contribution in [3.63, 3.8) is 0 Å². The third-order valence-electron chi connectivity index (χ3n) is 9.43. The number of nitrogens with two attached hydrogens (primary N) is 1. The van der Waals surface area contributed by atoms with E-state index >= 15 is 0 Å². The molecule has 0 spiro atoms. The quantitative estimate of drug-likeness (QED) is 0.269. The third kappa shape index (κ3) is 6.11. The topological polar surface area (TPSA) is 26.0 Å². The van der Waals surface area contributed by atoms with Gasteiger partial charge in [0.15, 0.2) is 0 Å². The molecule has 0 aliphatic carbocycles. The van der Waals surface area contributed by atoms with Gasteiger partial charge in [0, 0.05) is 6.04 Å². The van der Waals surface area contributed by atoms with E-state index in [2.05, 4.69) is 82.2 Å². The van der Waals surface area contributed by atoms with Crippen molar-refractivity contribution in [1.82, 2.24) is 0 Å². The zero-order chi connectivity index (χ0) is 22.9. The molecule has 0 saturated carbocycles. The highest BCUT2D eigenvalue weighted by Crippen LogP contribution is 2.57. The molecule has 0 heterocycles. The zero-order valence-electron chi connectivity index (χ0n) is 22.3. The number of rotatable bonds is 15. The summed E-state index contributed by atoms with van der Waals surface area (Å²) in [5.41, 5.74) is 9.12. The van der Waals surface area contributed by atoms with Crippen LogP contribution in [0.1, 0.15) is 134 Å². The van der Waals surface area contributed by atoms with Crippen LogP contribution in [0.5, 0.6) is 0 Å². The Kier molecular flexibility index (Phi) is 12.4. The van der Waals surface area contributed by atoms with Crippen molar-refractivity contribution in [2.24, 2.45) is 33.8 Å². The van der Waals surface area contributed by atoms with Crippen molar-refractivity contribution < 1.29 is 0 Å². The summed E-state index contributed by atoms with van der Waals surface area (Å²) in [5, 5.41) is 0. The highest BCUT2D eigenvalue weighted by molar-refractivity contribution is 5.13. The minimum absolute atomic E-state index is 0.245. The lowest BCUT2D eigenvalue weighted by molar-refractivity contribution is -0.0299. The van der Waals surface area contributed by atoms with Crippen LogP contribution in [-0.4, -0.2) is 6.04 Å². The summed E-state index contributed by atoms with van der Waals surface area (Å²) in [6.45, 7) is 26.4. The lowest BCUT2D eigenvalue weighted by atomic mass is 9.50. The molecule has 0 bridgehead atoms. The summed E-state index contributed by atoms with van der Waals surface area (Å²) in [4.78, 5) is 0. The van der Waals surface area contributed by atoms with Crippen LogP contribution < -0.4 is 5.73 Å². The molecule has 0 rings (SSSR count). The maximum Gasteiger partial charge on any atom is 0.00699 e. The van der Waals surface area contributed by atoms with Gasteiger partial charge in [-0.2, -0.15) is 0 Å². The Morgan fingerprint density at radius 1 is 0.862 bits per heavy atom. The Bertz CT molecular complexity index is 467. The minimum atomic E-state index is 0.245. The first-order chi connectivity index (χ1) is 13.5. The normalized spacial score (nSPS) is 19.0. The lowest BCUT2D eigenvalue weighted by Crippen LogP contribution is -2.46. The van der Waals surface area contributed by atoms with Gasteiger partial charge < -0.3 is 5.73 Å². The maximum absolute atomic E-state index is 6.56. The number of hydrogen-bond donors (Lipinski definition) is 1. The zero-order valence-corrected chi connectivity index (χ0v) is 22.3. The first kappa shape index (κ1) is 28.7. The molecule has 0 saturated heterocycles. The van der Waals surface area contributed by atoms with Crippen molar-refractivity contribution in [3.8, 4) is 0 Å². The Labute approximate surface area is 185 Å². The van der Waals surface area contributed by atoms with Gasteiger partial charge in [0.25, 0.3) is 0 Å². The van der Waals surface area contributed by atoms with E-state index in [4.69, 9.17) is 5.73 Å². The van der Waals surface area contributed by atoms with Gasteiger partial charge in [-0.05, 0) is 74.0 Å². The average Bonchev–Trinajstić information content (AvgIpc) is 2.72. The van der Waals surface area contributed by atoms with Crippen LogP contribution in [0.2, 0.25) is 0 Å². The molecular weight excluding hydrogens is 350 g/mol. The fourth-order valence-electron chi connectivity index (χ4n) is 6.57. The van der Waals surface area contributed by atoms with Gasteiger partial charge in [0.2, 0.25) is 0 Å². The molecule has 2 N–H and O–H groups in total. The van der Waals surface area contributed by atoms with Crippen LogP contribution >= 0.6 is 0 Å². The molecule has 29 heavy (non-hydrogen) atoms. The van der Waals surface area contributed by atoms with E-state index in [1.54, 1.807) is 5.57 Å². The van der Waals surface area contributed by atoms with Crippen molar-refractivity contribution in [2.75, 3.05) is 0 Å². The lowest BCUT2D eigenvalue weighted by Gasteiger charge is -2.54. The second-order valence-electron chi connectivity index (χ2n) is 10.5. The SMILES string of the molecule is CCCC(CC)(CC(C)=CC(C(C)CC)C(CC)(CC)C(C)(CC)CC)C(C)N. The van der Waals surface area contributed by atoms with Gasteiger partial charge >= 0.3 is 0 Å². The summed E-state index contributed by atoms with van der Waals surface area (Å²) >= 11 is 0. The van der Waals surface area contributed by atoms with Gasteiger partial charge in [-0.1, -0.05) is 99.6 Å². The highest BCUT2D eigenvalue weighted by Gasteiger charge is 2.49. The minimum Gasteiger partial charge on any atom is -0.327 e. The van der Waals surface area contributed by atoms with E-state index in [9.17, 15) is 0 Å². The van der Waals surface area contributed by atoms with Gasteiger partial charge in [0.1, 0.15) is 0 Å². The molecule has 0 amide bonds. The van der Waals surface area contributed by atoms with Crippen LogP contribution in [-0.2, 0) is 0 Å². The van der Waals surface area contributed by atoms with Crippen LogP contribution in [0.15, 0.2) is 11.6 Å². The molecule has 4 atom stereocenters. The van der Waals surface area contributed by atoms with E-state index < -0.39 is 0 Å². The summed E-state index contributed by atoms with van der Waals surface area (Å²) in [7, 11) is 0. The van der Waals surface area contributed by atoms with Crippen LogP contribution in [0.3, 0.4) is 0 Å². The summed E-state index contributed by atoms with van der Waals surface area (Å²) in [6, 6.07) is 0.247. The summed E-state index contributed by atoms with van der Waals surface area (Å²) in [6.07, 6.45) is 13.8. The molecule has 1 nitrogen and oxygen atoms in total. The Hall–Kier alpha value is -0.300. The molecule has 0 aromatic carbocycles. The van der Waals surface area contributed by atoms with Gasteiger partial charge in [0.05, 0.1) is 0 Å². The molecule has 0 aromatic rings. The number of hydrogen-bond acceptors (Lipinski definition) is 1. The van der Waals surface area contributed by atoms with E-state index in [0.29, 0.717) is 22.7 Å². The Morgan fingerprint density at radius 2 is 1.38 bits per heavy atom. The number of allylic oxidation sites excluding steroid dienone is 2. The molecule has 0 radical (unpaired) electrons. The van der Waals surface area contributed by atoms with Gasteiger partial charge in [-0.3, -0.25) is 0 Å². The second kappa shape index (κ2) is 12.5. The molecular formula is C28H57N. The largest absolute Gasteiger partial charge is 0.327 e. The summed E-state index contributed by atoms with van der Waals surface area (Å²) in [5.74, 6) is 1.34. The molecule has 0 aliphatic heterocycles. The fraction of sp³-hybridized carbons (Fsp3) is 0.929. The van der Waals surface area contributed by atoms with E-state index in [-0.39, 0.29) is 11.5 Å². The standard InChI is InChI=1S/C28H57N/c1-12-19-27(16-5,24(10)29)21-22(8)20-25(23(9)13-2)28(17-6,18-7)26(11,14-3)15-4/h20,23-25H,12-19,21,29H2,1-11H3. The molecule has 1 heteroatoms. The van der Waals surface area contributed by atoms with Gasteiger partial charge in [-0.15, -0.1) is 0 Å². The molecule has 4 unspecified atom stereocenters. The van der Waals surface area contributed by atoms with Gasteiger partial charge in [-0.25, -0.2) is 0 Å². The van der Waals surface area contributed by atoms with E-state index in [1.165, 1.54) is 51.4 Å². The first-order valence-electron chi connectivity index (χ1n) is 13.0. The van der Waals surface area contributed by atoms with Crippen molar-refractivity contribution >= 4 is 0 Å². The first-order valence-corrected chi connectivity index (χ1v) is 13.0. The van der Waals surface area contributed by atoms with Crippen molar-refractivity contribution in [2.45, 2.75) is 140 Å². The molecule has 0 aromatic heterocycles. The summed E-state index contributed by atoms with van der Waals surface area (Å²) < 4.78 is 0. The Balaban J connectivity index is 6.36. The third-order valence-corrected chi connectivity index (χ3v) is 9.43. The average molecular weight is 408 g/mol. The van der Waals surface area contributed by atoms with Crippen molar-refractivity contribution in [3.05, 3.63) is 11.6 Å².